The number of aliphatic hydroxyl groups excluding tert-OH is 1. The number of carbonyl (C=O) groups is 2. The number of carbonyl (C=O) groups excluding carboxylic acids is 2. The number of ether oxygens (including phenoxy) is 2. The van der Waals surface area contributed by atoms with Crippen LogP contribution >= 0.6 is 0 Å². The number of fused-ring (bicyclic) bond motifs is 3. The molecule has 5 heteroatoms. The van der Waals surface area contributed by atoms with E-state index < -0.39 is 23.4 Å². The largest absolute Gasteiger partial charge is 0.469 e. The van der Waals surface area contributed by atoms with E-state index in [1.807, 2.05) is 0 Å². The average Bonchev–Trinajstić information content (AvgIpc) is 3.07. The van der Waals surface area contributed by atoms with Gasteiger partial charge in [0.1, 0.15) is 0 Å². The van der Waals surface area contributed by atoms with Gasteiger partial charge >= 0.3 is 11.9 Å². The molecule has 0 amide bonds. The molecule has 4 aliphatic rings. The van der Waals surface area contributed by atoms with Gasteiger partial charge in [0.05, 0.1) is 31.7 Å². The lowest BCUT2D eigenvalue weighted by Crippen LogP contribution is -2.52. The minimum Gasteiger partial charge on any atom is -0.469 e. The van der Waals surface area contributed by atoms with Crippen molar-refractivity contribution in [2.45, 2.75) is 45.1 Å². The van der Waals surface area contributed by atoms with Crippen molar-refractivity contribution >= 4 is 11.9 Å². The van der Waals surface area contributed by atoms with Crippen LogP contribution in [0.25, 0.3) is 0 Å². The third kappa shape index (κ3) is 1.95. The van der Waals surface area contributed by atoms with Gasteiger partial charge in [0.15, 0.2) is 0 Å². The first-order valence-electron chi connectivity index (χ1n) is 9.53. The maximum absolute atomic E-state index is 13.0. The molecule has 26 heavy (non-hydrogen) atoms. The summed E-state index contributed by atoms with van der Waals surface area (Å²) in [5.74, 6) is -0.830. The van der Waals surface area contributed by atoms with Gasteiger partial charge in [-0.3, -0.25) is 9.59 Å². The zero-order valence-electron chi connectivity index (χ0n) is 15.8. The van der Waals surface area contributed by atoms with Crippen molar-refractivity contribution in [3.05, 3.63) is 23.8 Å². The third-order valence-corrected chi connectivity index (χ3v) is 7.97. The van der Waals surface area contributed by atoms with E-state index in [1.165, 1.54) is 19.8 Å². The molecule has 3 fully saturated rings. The second-order valence-corrected chi connectivity index (χ2v) is 8.81. The Morgan fingerprint density at radius 1 is 1.27 bits per heavy atom. The van der Waals surface area contributed by atoms with E-state index in [-0.39, 0.29) is 23.2 Å². The topological polar surface area (TPSA) is 72.8 Å². The van der Waals surface area contributed by atoms with Crippen molar-refractivity contribution < 1.29 is 24.2 Å². The highest BCUT2D eigenvalue weighted by Gasteiger charge is 2.71. The van der Waals surface area contributed by atoms with Crippen molar-refractivity contribution in [2.24, 2.45) is 34.5 Å². The lowest BCUT2D eigenvalue weighted by Gasteiger charge is -2.43. The van der Waals surface area contributed by atoms with E-state index in [4.69, 9.17) is 9.47 Å². The summed E-state index contributed by atoms with van der Waals surface area (Å²) in [6, 6.07) is 0. The smallest absolute Gasteiger partial charge is 0.314 e. The number of aliphatic hydroxyl groups is 1. The highest BCUT2D eigenvalue weighted by atomic mass is 16.5. The Balaban J connectivity index is 1.91. The molecule has 1 N–H and O–H groups in total. The van der Waals surface area contributed by atoms with Crippen LogP contribution in [-0.4, -0.2) is 37.4 Å². The summed E-state index contributed by atoms with van der Waals surface area (Å²) in [6.45, 7) is 6.04. The van der Waals surface area contributed by atoms with E-state index in [0.717, 1.165) is 31.3 Å². The Kier molecular flexibility index (Phi) is 3.89. The van der Waals surface area contributed by atoms with Crippen molar-refractivity contribution in [3.63, 3.8) is 0 Å². The number of hydrogen-bond acceptors (Lipinski definition) is 5. The molecular weight excluding hydrogens is 332 g/mol. The number of esters is 2. The van der Waals surface area contributed by atoms with Crippen molar-refractivity contribution in [1.29, 1.82) is 0 Å². The molecule has 0 aromatic carbocycles. The zero-order valence-corrected chi connectivity index (χ0v) is 15.8. The number of methoxy groups -OCH3 is 2. The summed E-state index contributed by atoms with van der Waals surface area (Å²) in [4.78, 5) is 25.8. The Hall–Kier alpha value is -1.62. The van der Waals surface area contributed by atoms with E-state index >= 15 is 0 Å². The molecule has 2 bridgehead atoms. The summed E-state index contributed by atoms with van der Waals surface area (Å²) >= 11 is 0. The predicted octanol–water partition coefficient (Wildman–Crippen LogP) is 2.64. The lowest BCUT2D eigenvalue weighted by atomic mass is 9.60. The van der Waals surface area contributed by atoms with Crippen molar-refractivity contribution in [1.82, 2.24) is 0 Å². The molecule has 142 valence electrons. The molecular formula is C21H28O5. The summed E-state index contributed by atoms with van der Waals surface area (Å²) in [5.41, 5.74) is 1.01. The number of allylic oxidation sites excluding steroid dienone is 2. The first-order valence-corrected chi connectivity index (χ1v) is 9.53. The quantitative estimate of drug-likeness (QED) is 0.605. The Labute approximate surface area is 154 Å². The van der Waals surface area contributed by atoms with Crippen LogP contribution in [0.4, 0.5) is 0 Å². The molecule has 4 aliphatic carbocycles. The second-order valence-electron chi connectivity index (χ2n) is 8.81. The van der Waals surface area contributed by atoms with E-state index in [2.05, 4.69) is 12.7 Å². The van der Waals surface area contributed by atoms with Crippen LogP contribution in [0.2, 0.25) is 0 Å². The molecule has 0 heterocycles. The van der Waals surface area contributed by atoms with Gasteiger partial charge in [-0.2, -0.15) is 0 Å². The molecule has 0 aliphatic heterocycles. The molecule has 4 rings (SSSR count). The zero-order chi connectivity index (χ0) is 18.9. The summed E-state index contributed by atoms with van der Waals surface area (Å²) in [7, 11) is 2.76. The second kappa shape index (κ2) is 5.69. The molecule has 0 saturated heterocycles. The summed E-state index contributed by atoms with van der Waals surface area (Å²) < 4.78 is 10.3. The van der Waals surface area contributed by atoms with Gasteiger partial charge in [0, 0.05) is 5.92 Å². The van der Waals surface area contributed by atoms with Gasteiger partial charge in [0.25, 0.3) is 0 Å². The highest BCUT2D eigenvalue weighted by Crippen LogP contribution is 2.72. The van der Waals surface area contributed by atoms with Crippen molar-refractivity contribution in [2.75, 3.05) is 14.2 Å². The van der Waals surface area contributed by atoms with Crippen LogP contribution in [0, 0.1) is 34.5 Å². The van der Waals surface area contributed by atoms with E-state index in [9.17, 15) is 14.7 Å². The lowest BCUT2D eigenvalue weighted by molar-refractivity contribution is -0.171. The maximum Gasteiger partial charge on any atom is 0.314 e. The van der Waals surface area contributed by atoms with Crippen LogP contribution in [-0.2, 0) is 19.1 Å². The van der Waals surface area contributed by atoms with Crippen LogP contribution in [0.3, 0.4) is 0 Å². The summed E-state index contributed by atoms with van der Waals surface area (Å²) in [6.07, 6.45) is 5.46. The van der Waals surface area contributed by atoms with Gasteiger partial charge in [-0.25, -0.2) is 0 Å². The Morgan fingerprint density at radius 2 is 2.00 bits per heavy atom. The maximum atomic E-state index is 13.0. The predicted molar refractivity (Wildman–Crippen MR) is 94.8 cm³/mol. The molecule has 3 saturated carbocycles. The van der Waals surface area contributed by atoms with Crippen molar-refractivity contribution in [3.8, 4) is 0 Å². The van der Waals surface area contributed by atoms with E-state index in [0.29, 0.717) is 12.3 Å². The molecule has 2 unspecified atom stereocenters. The van der Waals surface area contributed by atoms with Gasteiger partial charge in [-0.05, 0) is 56.3 Å². The fraction of sp³-hybridized carbons (Fsp3) is 0.714. The first-order chi connectivity index (χ1) is 12.3. The fourth-order valence-corrected chi connectivity index (χ4v) is 6.80. The fourth-order valence-electron chi connectivity index (χ4n) is 6.80. The number of rotatable bonds is 2. The molecule has 1 spiro atoms. The van der Waals surface area contributed by atoms with Gasteiger partial charge in [-0.1, -0.05) is 23.8 Å². The Bertz CT molecular complexity index is 709. The monoisotopic (exact) mass is 360 g/mol. The summed E-state index contributed by atoms with van der Waals surface area (Å²) in [5, 5.41) is 10.8. The molecule has 0 radical (unpaired) electrons. The third-order valence-electron chi connectivity index (χ3n) is 7.97. The van der Waals surface area contributed by atoms with E-state index in [1.54, 1.807) is 6.92 Å². The minimum atomic E-state index is -1.14. The van der Waals surface area contributed by atoms with Gasteiger partial charge in [0.2, 0.25) is 0 Å². The van der Waals surface area contributed by atoms with Crippen LogP contribution in [0.1, 0.15) is 39.0 Å². The minimum absolute atomic E-state index is 0.233. The first kappa shape index (κ1) is 17.8. The molecule has 0 aromatic rings. The standard InChI is InChI=1S/C21H28O5/c1-11-9-21-10-12(11)5-7-14(21)13-6-8-15(22)20(2,19(24)26-4)16(13)17(21)18(23)25-3/h6,12,14-17,22H,1,5,7-10H2,2-4H3/t12-,14?,15+,16?,17-,20-,21+/m1/s1. The SMILES string of the molecule is C=C1C[C@]23C[C@H]1CCC2C1=CC[C@H](O)[C@@](C)(C(=O)OC)C1[C@@H]3C(=O)OC. The molecule has 0 aromatic heterocycles. The normalized spacial score (nSPS) is 46.2. The van der Waals surface area contributed by atoms with Gasteiger partial charge in [-0.15, -0.1) is 0 Å². The molecule has 5 nitrogen and oxygen atoms in total. The van der Waals surface area contributed by atoms with Crippen LogP contribution in [0.15, 0.2) is 23.8 Å². The highest BCUT2D eigenvalue weighted by molar-refractivity contribution is 5.83. The van der Waals surface area contributed by atoms with Crippen LogP contribution in [0.5, 0.6) is 0 Å². The van der Waals surface area contributed by atoms with Crippen LogP contribution < -0.4 is 0 Å². The van der Waals surface area contributed by atoms with Gasteiger partial charge < -0.3 is 14.6 Å². The molecule has 7 atom stereocenters. The number of hydrogen-bond donors (Lipinski definition) is 1. The average molecular weight is 360 g/mol. The Morgan fingerprint density at radius 3 is 2.65 bits per heavy atom.